The first kappa shape index (κ1) is 21.9. The maximum atomic E-state index is 13.3. The molecule has 2 aliphatic heterocycles. The van der Waals surface area contributed by atoms with Crippen molar-refractivity contribution in [1.82, 2.24) is 9.80 Å². The highest BCUT2D eigenvalue weighted by atomic mass is 19.2. The predicted molar refractivity (Wildman–Crippen MR) is 100 cm³/mol. The minimum absolute atomic E-state index is 0.000948. The maximum absolute atomic E-state index is 13.3. The van der Waals surface area contributed by atoms with Crippen molar-refractivity contribution in [2.45, 2.75) is 31.0 Å². The van der Waals surface area contributed by atoms with Gasteiger partial charge in [0.2, 0.25) is 5.91 Å². The lowest BCUT2D eigenvalue weighted by atomic mass is 9.90. The lowest BCUT2D eigenvalue weighted by Gasteiger charge is -2.41. The summed E-state index contributed by atoms with van der Waals surface area (Å²) in [6.45, 7) is 3.86. The Morgan fingerprint density at radius 2 is 1.90 bits per heavy atom. The van der Waals surface area contributed by atoms with Gasteiger partial charge in [-0.3, -0.25) is 9.69 Å². The van der Waals surface area contributed by atoms with Crippen molar-refractivity contribution in [2.24, 2.45) is 0 Å². The van der Waals surface area contributed by atoms with Crippen molar-refractivity contribution < 1.29 is 33.3 Å². The summed E-state index contributed by atoms with van der Waals surface area (Å²) in [6, 6.07) is 3.19. The van der Waals surface area contributed by atoms with Crippen molar-refractivity contribution in [3.05, 3.63) is 29.8 Å². The van der Waals surface area contributed by atoms with Gasteiger partial charge in [-0.15, -0.1) is 0 Å². The fourth-order valence-electron chi connectivity index (χ4n) is 3.82. The third kappa shape index (κ3) is 5.85. The molecule has 0 aliphatic carbocycles. The van der Waals surface area contributed by atoms with Crippen LogP contribution in [-0.2, 0) is 9.53 Å². The lowest BCUT2D eigenvalue weighted by molar-refractivity contribution is -0.134. The molecule has 29 heavy (non-hydrogen) atoms. The van der Waals surface area contributed by atoms with Crippen LogP contribution in [0.15, 0.2) is 18.2 Å². The fourth-order valence-corrected chi connectivity index (χ4v) is 3.82. The smallest absolute Gasteiger partial charge is 0.219 e. The number of carbonyl (C=O) groups excluding carboxylic acids is 1. The normalized spacial score (nSPS) is 25.5. The average molecular weight is 414 g/mol. The zero-order valence-corrected chi connectivity index (χ0v) is 16.6. The summed E-state index contributed by atoms with van der Waals surface area (Å²) in [4.78, 5) is 15.1. The summed E-state index contributed by atoms with van der Waals surface area (Å²) in [6.07, 6.45) is 0.932. The topological polar surface area (TPSA) is 82.5 Å². The molecule has 162 valence electrons. The molecule has 0 radical (unpaired) electrons. The molecule has 2 saturated heterocycles. The summed E-state index contributed by atoms with van der Waals surface area (Å²) >= 11 is 0. The number of hydrogen-bond acceptors (Lipinski definition) is 6. The van der Waals surface area contributed by atoms with Crippen LogP contribution in [0.2, 0.25) is 0 Å². The zero-order valence-electron chi connectivity index (χ0n) is 16.6. The highest BCUT2D eigenvalue weighted by molar-refractivity contribution is 5.73. The van der Waals surface area contributed by atoms with Gasteiger partial charge >= 0.3 is 0 Å². The van der Waals surface area contributed by atoms with Gasteiger partial charge in [0.05, 0.1) is 18.8 Å². The highest BCUT2D eigenvalue weighted by Gasteiger charge is 2.39. The molecule has 1 atom stereocenters. The molecule has 1 aromatic rings. The Labute approximate surface area is 168 Å². The standard InChI is InChI=1S/C20H28F2N2O5/c1-15(25)24-6-4-19(26,5-7-24)11-23-8-9-28-13-20(27,12-23)14-29-16-2-3-17(21)18(22)10-16/h2-3,10,26-27H,4-9,11-14H2,1H3. The Morgan fingerprint density at radius 1 is 1.17 bits per heavy atom. The Bertz CT molecular complexity index is 727. The number of likely N-dealkylation sites (tertiary alicyclic amines) is 1. The van der Waals surface area contributed by atoms with Crippen molar-refractivity contribution in [3.63, 3.8) is 0 Å². The van der Waals surface area contributed by atoms with Crippen molar-refractivity contribution in [3.8, 4) is 5.75 Å². The van der Waals surface area contributed by atoms with Crippen LogP contribution in [0.4, 0.5) is 8.78 Å². The molecule has 1 aromatic carbocycles. The molecule has 2 fully saturated rings. The van der Waals surface area contributed by atoms with E-state index in [2.05, 4.69) is 0 Å². The van der Waals surface area contributed by atoms with E-state index in [1.165, 1.54) is 13.0 Å². The van der Waals surface area contributed by atoms with E-state index < -0.39 is 22.8 Å². The number of aliphatic hydroxyl groups is 2. The van der Waals surface area contributed by atoms with E-state index in [1.807, 2.05) is 4.90 Å². The molecule has 9 heteroatoms. The maximum Gasteiger partial charge on any atom is 0.219 e. The Kier molecular flexibility index (Phi) is 6.72. The first-order valence-electron chi connectivity index (χ1n) is 9.76. The van der Waals surface area contributed by atoms with E-state index in [-0.39, 0.29) is 31.4 Å². The van der Waals surface area contributed by atoms with Gasteiger partial charge in [0.1, 0.15) is 18.0 Å². The van der Waals surface area contributed by atoms with Gasteiger partial charge in [0.25, 0.3) is 0 Å². The second-order valence-corrected chi connectivity index (χ2v) is 8.08. The van der Waals surface area contributed by atoms with Crippen LogP contribution in [0.1, 0.15) is 19.8 Å². The van der Waals surface area contributed by atoms with Crippen LogP contribution >= 0.6 is 0 Å². The molecule has 2 aliphatic rings. The van der Waals surface area contributed by atoms with E-state index in [4.69, 9.17) is 9.47 Å². The van der Waals surface area contributed by atoms with Crippen LogP contribution in [0, 0.1) is 11.6 Å². The van der Waals surface area contributed by atoms with E-state index >= 15 is 0 Å². The van der Waals surface area contributed by atoms with Gasteiger partial charge in [0.15, 0.2) is 11.6 Å². The quantitative estimate of drug-likeness (QED) is 0.741. The lowest BCUT2D eigenvalue weighted by Crippen LogP contribution is -2.55. The number of benzene rings is 1. The van der Waals surface area contributed by atoms with Crippen molar-refractivity contribution >= 4 is 5.91 Å². The molecule has 3 rings (SSSR count). The summed E-state index contributed by atoms with van der Waals surface area (Å²) < 4.78 is 37.4. The summed E-state index contributed by atoms with van der Waals surface area (Å²) in [5.74, 6) is -1.88. The summed E-state index contributed by atoms with van der Waals surface area (Å²) in [5.41, 5.74) is -2.31. The number of rotatable bonds is 5. The minimum atomic E-state index is -1.36. The number of piperidine rings is 1. The van der Waals surface area contributed by atoms with E-state index in [0.717, 1.165) is 12.1 Å². The molecular formula is C20H28F2N2O5. The number of nitrogens with zero attached hydrogens (tertiary/aromatic N) is 2. The zero-order chi connectivity index (χ0) is 21.1. The first-order chi connectivity index (χ1) is 13.7. The second kappa shape index (κ2) is 8.91. The van der Waals surface area contributed by atoms with Crippen molar-refractivity contribution in [2.75, 3.05) is 52.5 Å². The number of amides is 1. The number of hydrogen-bond donors (Lipinski definition) is 2. The molecule has 2 N–H and O–H groups in total. The predicted octanol–water partition coefficient (Wildman–Crippen LogP) is 0.780. The number of carbonyl (C=O) groups is 1. The molecule has 0 spiro atoms. The molecule has 1 amide bonds. The van der Waals surface area contributed by atoms with Crippen LogP contribution in [0.5, 0.6) is 5.75 Å². The third-order valence-electron chi connectivity index (χ3n) is 5.50. The minimum Gasteiger partial charge on any atom is -0.490 e. The molecule has 0 aromatic heterocycles. The van der Waals surface area contributed by atoms with Gasteiger partial charge in [-0.2, -0.15) is 0 Å². The number of halogens is 2. The largest absolute Gasteiger partial charge is 0.490 e. The average Bonchev–Trinajstić information content (AvgIpc) is 2.84. The summed E-state index contributed by atoms with van der Waals surface area (Å²) in [5, 5.41) is 21.9. The molecule has 1 unspecified atom stereocenters. The van der Waals surface area contributed by atoms with Gasteiger partial charge in [0, 0.05) is 45.7 Å². The molecule has 2 heterocycles. The van der Waals surface area contributed by atoms with Gasteiger partial charge in [-0.25, -0.2) is 8.78 Å². The van der Waals surface area contributed by atoms with Crippen LogP contribution in [-0.4, -0.2) is 89.7 Å². The first-order valence-corrected chi connectivity index (χ1v) is 9.76. The molecule has 0 saturated carbocycles. The fraction of sp³-hybridized carbons (Fsp3) is 0.650. The van der Waals surface area contributed by atoms with E-state index in [1.54, 1.807) is 4.90 Å². The third-order valence-corrected chi connectivity index (χ3v) is 5.50. The Morgan fingerprint density at radius 3 is 2.55 bits per heavy atom. The van der Waals surface area contributed by atoms with Gasteiger partial charge < -0.3 is 24.6 Å². The van der Waals surface area contributed by atoms with Crippen LogP contribution in [0.25, 0.3) is 0 Å². The molecular weight excluding hydrogens is 386 g/mol. The number of β-amino-alcohol motifs (C(OH)–C–C–N with tert-alkyl or cyclic N) is 2. The van der Waals surface area contributed by atoms with Gasteiger partial charge in [-0.1, -0.05) is 0 Å². The van der Waals surface area contributed by atoms with Crippen molar-refractivity contribution in [1.29, 1.82) is 0 Å². The summed E-state index contributed by atoms with van der Waals surface area (Å²) in [7, 11) is 0. The Balaban J connectivity index is 1.58. The SMILES string of the molecule is CC(=O)N1CCC(O)(CN2CCOCC(O)(COc3ccc(F)c(F)c3)C2)CC1. The molecule has 0 bridgehead atoms. The van der Waals surface area contributed by atoms with Crippen LogP contribution < -0.4 is 4.74 Å². The second-order valence-electron chi connectivity index (χ2n) is 8.08. The van der Waals surface area contributed by atoms with E-state index in [0.29, 0.717) is 45.6 Å². The Hall–Kier alpha value is -1.81. The molecule has 7 nitrogen and oxygen atoms in total. The van der Waals surface area contributed by atoms with E-state index in [9.17, 15) is 23.8 Å². The monoisotopic (exact) mass is 414 g/mol. The highest BCUT2D eigenvalue weighted by Crippen LogP contribution is 2.25. The van der Waals surface area contributed by atoms with Gasteiger partial charge in [-0.05, 0) is 25.0 Å². The number of ether oxygens (including phenoxy) is 2. The van der Waals surface area contributed by atoms with Crippen LogP contribution in [0.3, 0.4) is 0 Å².